The minimum Gasteiger partial charge on any atom is -0.495 e. The number of thioether (sulfide) groups is 1. The molecule has 1 N–H and O–H groups in total. The number of hydrogen-bond donors (Lipinski definition) is 1. The molecule has 0 radical (unpaired) electrons. The topological polar surface area (TPSA) is 91.7 Å². The highest BCUT2D eigenvalue weighted by Gasteiger charge is 2.17. The van der Waals surface area contributed by atoms with Crippen LogP contribution < -0.4 is 25.1 Å². The average molecular weight is 478 g/mol. The van der Waals surface area contributed by atoms with Crippen molar-refractivity contribution in [2.75, 3.05) is 32.4 Å². The van der Waals surface area contributed by atoms with Gasteiger partial charge < -0.3 is 19.5 Å². The summed E-state index contributed by atoms with van der Waals surface area (Å²) in [6.45, 7) is 0. The number of nitrogens with one attached hydrogen (secondary N) is 1. The summed E-state index contributed by atoms with van der Waals surface area (Å²) in [5.41, 5.74) is 1.44. The van der Waals surface area contributed by atoms with Gasteiger partial charge in [-0.25, -0.2) is 4.98 Å². The molecular formula is C25H23N3O5S. The smallest absolute Gasteiger partial charge is 0.266 e. The van der Waals surface area contributed by atoms with Gasteiger partial charge in [-0.1, -0.05) is 36.0 Å². The zero-order chi connectivity index (χ0) is 24.1. The maximum atomic E-state index is 13.4. The zero-order valence-electron chi connectivity index (χ0n) is 18.9. The fourth-order valence-corrected chi connectivity index (χ4v) is 4.28. The maximum absolute atomic E-state index is 13.4. The van der Waals surface area contributed by atoms with Gasteiger partial charge in [0, 0.05) is 11.8 Å². The lowest BCUT2D eigenvalue weighted by Gasteiger charge is -2.15. The quantitative estimate of drug-likeness (QED) is 0.301. The van der Waals surface area contributed by atoms with Crippen molar-refractivity contribution < 1.29 is 19.0 Å². The van der Waals surface area contributed by atoms with Gasteiger partial charge in [0.1, 0.15) is 5.75 Å². The molecule has 1 heterocycles. The van der Waals surface area contributed by atoms with E-state index in [1.807, 2.05) is 18.2 Å². The van der Waals surface area contributed by atoms with Gasteiger partial charge in [-0.15, -0.1) is 0 Å². The molecule has 0 atom stereocenters. The minimum atomic E-state index is -0.258. The molecule has 174 valence electrons. The van der Waals surface area contributed by atoms with Crippen LogP contribution in [0.4, 0.5) is 5.69 Å². The van der Waals surface area contributed by atoms with Crippen LogP contribution in [-0.4, -0.2) is 42.5 Å². The number of nitrogens with zero attached hydrogens (tertiary/aromatic N) is 2. The van der Waals surface area contributed by atoms with Gasteiger partial charge in [0.25, 0.3) is 5.56 Å². The number of methoxy groups -OCH3 is 3. The van der Waals surface area contributed by atoms with Crippen molar-refractivity contribution in [3.05, 3.63) is 77.1 Å². The Balaban J connectivity index is 1.65. The number of carbonyl (C=O) groups excluding carboxylic acids is 1. The highest BCUT2D eigenvalue weighted by molar-refractivity contribution is 7.99. The van der Waals surface area contributed by atoms with Crippen LogP contribution in [0.5, 0.6) is 17.2 Å². The van der Waals surface area contributed by atoms with Gasteiger partial charge in [-0.05, 0) is 36.4 Å². The van der Waals surface area contributed by atoms with E-state index >= 15 is 0 Å². The van der Waals surface area contributed by atoms with E-state index in [9.17, 15) is 9.59 Å². The summed E-state index contributed by atoms with van der Waals surface area (Å²) < 4.78 is 17.5. The largest absolute Gasteiger partial charge is 0.495 e. The first-order chi connectivity index (χ1) is 16.5. The Morgan fingerprint density at radius 3 is 2.38 bits per heavy atom. The summed E-state index contributed by atoms with van der Waals surface area (Å²) in [6.07, 6.45) is 0. The van der Waals surface area contributed by atoms with Gasteiger partial charge in [0.2, 0.25) is 5.91 Å². The van der Waals surface area contributed by atoms with Crippen molar-refractivity contribution in [2.45, 2.75) is 5.16 Å². The third-order valence-electron chi connectivity index (χ3n) is 5.07. The Hall–Kier alpha value is -3.98. The lowest BCUT2D eigenvalue weighted by molar-refractivity contribution is -0.113. The van der Waals surface area contributed by atoms with Crippen molar-refractivity contribution in [1.82, 2.24) is 9.55 Å². The first-order valence-corrected chi connectivity index (χ1v) is 11.3. The third-order valence-corrected chi connectivity index (χ3v) is 6.01. The Morgan fingerprint density at radius 1 is 0.912 bits per heavy atom. The first-order valence-electron chi connectivity index (χ1n) is 10.4. The molecule has 9 heteroatoms. The SMILES string of the molecule is COc1ccc(NC(=O)CSc2nc3ccccc3c(=O)n2-c2ccccc2OC)cc1OC. The van der Waals surface area contributed by atoms with E-state index in [1.54, 1.807) is 62.8 Å². The van der Waals surface area contributed by atoms with E-state index in [0.717, 1.165) is 11.8 Å². The number of amides is 1. The second-order valence-electron chi connectivity index (χ2n) is 7.13. The molecule has 0 bridgehead atoms. The highest BCUT2D eigenvalue weighted by atomic mass is 32.2. The molecule has 0 saturated carbocycles. The molecule has 0 aliphatic heterocycles. The Labute approximate surface area is 200 Å². The molecular weight excluding hydrogens is 454 g/mol. The minimum absolute atomic E-state index is 0.0360. The molecule has 4 aromatic rings. The van der Waals surface area contributed by atoms with Gasteiger partial charge in [-0.2, -0.15) is 0 Å². The standard InChI is InChI=1S/C25H23N3O5S/c1-31-20-11-7-6-10-19(20)28-24(30)17-8-4-5-9-18(17)27-25(28)34-15-23(29)26-16-12-13-21(32-2)22(14-16)33-3/h4-14H,15H2,1-3H3,(H,26,29). The molecule has 34 heavy (non-hydrogen) atoms. The summed E-state index contributed by atoms with van der Waals surface area (Å²) in [6, 6.07) is 19.4. The van der Waals surface area contributed by atoms with E-state index < -0.39 is 0 Å². The lowest BCUT2D eigenvalue weighted by Crippen LogP contribution is -2.23. The van der Waals surface area contributed by atoms with Crippen LogP contribution in [0.2, 0.25) is 0 Å². The number of rotatable bonds is 8. The van der Waals surface area contributed by atoms with E-state index in [-0.39, 0.29) is 17.2 Å². The van der Waals surface area contributed by atoms with Gasteiger partial charge >= 0.3 is 0 Å². The van der Waals surface area contributed by atoms with Crippen LogP contribution in [0.1, 0.15) is 0 Å². The molecule has 0 aliphatic carbocycles. The number of anilines is 1. The molecule has 1 aromatic heterocycles. The molecule has 0 fully saturated rings. The molecule has 1 amide bonds. The van der Waals surface area contributed by atoms with Crippen LogP contribution in [-0.2, 0) is 4.79 Å². The normalized spacial score (nSPS) is 10.7. The van der Waals surface area contributed by atoms with Crippen molar-refractivity contribution in [3.63, 3.8) is 0 Å². The average Bonchev–Trinajstić information content (AvgIpc) is 2.87. The van der Waals surface area contributed by atoms with Crippen LogP contribution in [0.3, 0.4) is 0 Å². The fourth-order valence-electron chi connectivity index (χ4n) is 3.48. The number of aromatic nitrogens is 2. The third kappa shape index (κ3) is 4.69. The van der Waals surface area contributed by atoms with Crippen LogP contribution in [0.15, 0.2) is 76.7 Å². The summed E-state index contributed by atoms with van der Waals surface area (Å²) in [5.74, 6) is 1.38. The maximum Gasteiger partial charge on any atom is 0.266 e. The van der Waals surface area contributed by atoms with Crippen molar-refractivity contribution in [2.24, 2.45) is 0 Å². The van der Waals surface area contributed by atoms with Crippen LogP contribution in [0, 0.1) is 0 Å². The van der Waals surface area contributed by atoms with E-state index in [1.165, 1.54) is 11.7 Å². The fraction of sp³-hybridized carbons (Fsp3) is 0.160. The zero-order valence-corrected chi connectivity index (χ0v) is 19.7. The van der Waals surface area contributed by atoms with Gasteiger partial charge in [0.15, 0.2) is 16.7 Å². The number of benzene rings is 3. The van der Waals surface area contributed by atoms with E-state index in [4.69, 9.17) is 14.2 Å². The number of ether oxygens (including phenoxy) is 3. The second kappa shape index (κ2) is 10.3. The summed E-state index contributed by atoms with van der Waals surface area (Å²) in [7, 11) is 4.62. The second-order valence-corrected chi connectivity index (χ2v) is 8.07. The molecule has 3 aromatic carbocycles. The van der Waals surface area contributed by atoms with Gasteiger partial charge in [-0.3, -0.25) is 14.2 Å². The van der Waals surface area contributed by atoms with Crippen LogP contribution in [0.25, 0.3) is 16.6 Å². The summed E-state index contributed by atoms with van der Waals surface area (Å²) in [5, 5.41) is 3.70. The molecule has 0 unspecified atom stereocenters. The lowest BCUT2D eigenvalue weighted by atomic mass is 10.2. The van der Waals surface area contributed by atoms with Crippen molar-refractivity contribution in [1.29, 1.82) is 0 Å². The summed E-state index contributed by atoms with van der Waals surface area (Å²) in [4.78, 5) is 30.8. The monoisotopic (exact) mass is 477 g/mol. The number of fused-ring (bicyclic) bond motifs is 1. The molecule has 8 nitrogen and oxygen atoms in total. The van der Waals surface area contributed by atoms with Crippen molar-refractivity contribution >= 4 is 34.3 Å². The Bertz CT molecular complexity index is 1400. The Kier molecular flexibility index (Phi) is 7.03. The highest BCUT2D eigenvalue weighted by Crippen LogP contribution is 2.30. The molecule has 0 saturated heterocycles. The van der Waals surface area contributed by atoms with E-state index in [2.05, 4.69) is 10.3 Å². The first kappa shape index (κ1) is 23.2. The summed E-state index contributed by atoms with van der Waals surface area (Å²) >= 11 is 1.16. The number of para-hydroxylation sites is 3. The molecule has 4 rings (SSSR count). The predicted octanol–water partition coefficient (Wildman–Crippen LogP) is 4.14. The number of carbonyl (C=O) groups is 1. The number of hydrogen-bond acceptors (Lipinski definition) is 7. The van der Waals surface area contributed by atoms with Crippen molar-refractivity contribution in [3.8, 4) is 22.9 Å². The Morgan fingerprint density at radius 2 is 1.62 bits per heavy atom. The molecule has 0 spiro atoms. The van der Waals surface area contributed by atoms with Crippen LogP contribution >= 0.6 is 11.8 Å². The predicted molar refractivity (Wildman–Crippen MR) is 133 cm³/mol. The van der Waals surface area contributed by atoms with E-state index in [0.29, 0.717) is 44.7 Å². The van der Waals surface area contributed by atoms with Gasteiger partial charge in [0.05, 0.1) is 43.7 Å². The molecule has 0 aliphatic rings.